The maximum atomic E-state index is 13.2. The SMILES string of the molecule is C=CCc1cc(C2C3=C(CCCC3=O)OC3=C2C(=O)CCC3)cc(OCC)c1OCc1ccc(C)cc1. The van der Waals surface area contributed by atoms with Gasteiger partial charge in [0.15, 0.2) is 23.1 Å². The van der Waals surface area contributed by atoms with Crippen molar-refractivity contribution in [1.29, 1.82) is 0 Å². The summed E-state index contributed by atoms with van der Waals surface area (Å²) in [7, 11) is 0. The monoisotopic (exact) mass is 498 g/mol. The number of hydrogen-bond donors (Lipinski definition) is 0. The van der Waals surface area contributed by atoms with Crippen molar-refractivity contribution in [3.8, 4) is 11.5 Å². The smallest absolute Gasteiger partial charge is 0.165 e. The molecule has 0 saturated heterocycles. The van der Waals surface area contributed by atoms with Gasteiger partial charge in [0, 0.05) is 48.3 Å². The van der Waals surface area contributed by atoms with Crippen LogP contribution in [0.3, 0.4) is 0 Å². The zero-order chi connectivity index (χ0) is 25.9. The van der Waals surface area contributed by atoms with Crippen LogP contribution < -0.4 is 9.47 Å². The Morgan fingerprint density at radius 1 is 0.946 bits per heavy atom. The van der Waals surface area contributed by atoms with E-state index in [1.165, 1.54) is 5.56 Å². The number of hydrogen-bond acceptors (Lipinski definition) is 5. The highest BCUT2D eigenvalue weighted by Crippen LogP contribution is 2.49. The first-order valence-corrected chi connectivity index (χ1v) is 13.3. The molecule has 0 aromatic heterocycles. The summed E-state index contributed by atoms with van der Waals surface area (Å²) in [5.74, 6) is 2.46. The number of ether oxygens (including phenoxy) is 3. The average Bonchev–Trinajstić information content (AvgIpc) is 2.88. The maximum absolute atomic E-state index is 13.2. The van der Waals surface area contributed by atoms with Gasteiger partial charge in [0.05, 0.1) is 6.61 Å². The molecule has 5 rings (SSSR count). The summed E-state index contributed by atoms with van der Waals surface area (Å²) in [4.78, 5) is 26.4. The van der Waals surface area contributed by atoms with Gasteiger partial charge in [0.2, 0.25) is 0 Å². The van der Waals surface area contributed by atoms with Gasteiger partial charge >= 0.3 is 0 Å². The highest BCUT2D eigenvalue weighted by atomic mass is 16.5. The van der Waals surface area contributed by atoms with E-state index in [4.69, 9.17) is 14.2 Å². The lowest BCUT2D eigenvalue weighted by Gasteiger charge is -2.36. The van der Waals surface area contributed by atoms with Crippen molar-refractivity contribution in [3.05, 3.63) is 94.0 Å². The van der Waals surface area contributed by atoms with E-state index in [9.17, 15) is 9.59 Å². The van der Waals surface area contributed by atoms with Crippen LogP contribution in [0.2, 0.25) is 0 Å². The summed E-state index contributed by atoms with van der Waals surface area (Å²) in [6, 6.07) is 12.3. The van der Waals surface area contributed by atoms with E-state index in [1.807, 2.05) is 19.1 Å². The lowest BCUT2D eigenvalue weighted by atomic mass is 9.73. The van der Waals surface area contributed by atoms with E-state index in [0.717, 1.165) is 53.9 Å². The molecule has 0 N–H and O–H groups in total. The van der Waals surface area contributed by atoms with Crippen molar-refractivity contribution in [3.63, 3.8) is 0 Å². The normalized spacial score (nSPS) is 17.8. The third-order valence-electron chi connectivity index (χ3n) is 7.30. The van der Waals surface area contributed by atoms with Gasteiger partial charge < -0.3 is 14.2 Å². The van der Waals surface area contributed by atoms with Gasteiger partial charge in [-0.05, 0) is 50.3 Å². The lowest BCUT2D eigenvalue weighted by molar-refractivity contribution is -0.117. The molecule has 1 aliphatic heterocycles. The Morgan fingerprint density at radius 2 is 1.59 bits per heavy atom. The second kappa shape index (κ2) is 10.8. The molecule has 5 nitrogen and oxygen atoms in total. The summed E-state index contributed by atoms with van der Waals surface area (Å²) in [5.41, 5.74) is 5.34. The molecule has 5 heteroatoms. The first-order chi connectivity index (χ1) is 18.0. The molecule has 0 saturated carbocycles. The summed E-state index contributed by atoms with van der Waals surface area (Å²) in [6.07, 6.45) is 6.36. The topological polar surface area (TPSA) is 61.8 Å². The van der Waals surface area contributed by atoms with E-state index in [-0.39, 0.29) is 11.6 Å². The minimum absolute atomic E-state index is 0.0686. The van der Waals surface area contributed by atoms with Crippen molar-refractivity contribution < 1.29 is 23.8 Å². The molecule has 0 atom stereocenters. The predicted molar refractivity (Wildman–Crippen MR) is 143 cm³/mol. The summed E-state index contributed by atoms with van der Waals surface area (Å²) in [5, 5.41) is 0. The molecule has 0 bridgehead atoms. The van der Waals surface area contributed by atoms with E-state index < -0.39 is 5.92 Å². The van der Waals surface area contributed by atoms with Gasteiger partial charge in [-0.1, -0.05) is 42.0 Å². The van der Waals surface area contributed by atoms with Crippen molar-refractivity contribution in [2.24, 2.45) is 0 Å². The number of carbonyl (C=O) groups is 2. The molecule has 3 aliphatic rings. The standard InChI is InChI=1S/C32H34O5/c1-4-8-22-17-23(18-28(35-5-2)32(22)36-19-21-15-13-20(3)14-16-21)29-30-24(33)9-6-11-26(30)37-27-12-7-10-25(34)31(27)29/h4,13-18,29H,1,5-12,19H2,2-3H3. The molecule has 2 aromatic carbocycles. The second-order valence-electron chi connectivity index (χ2n) is 9.97. The van der Waals surface area contributed by atoms with Crippen molar-refractivity contribution in [2.45, 2.75) is 71.3 Å². The Hall–Kier alpha value is -3.60. The first-order valence-electron chi connectivity index (χ1n) is 13.3. The molecule has 0 spiro atoms. The third-order valence-corrected chi connectivity index (χ3v) is 7.30. The van der Waals surface area contributed by atoms with Gasteiger partial charge in [-0.2, -0.15) is 0 Å². The predicted octanol–water partition coefficient (Wildman–Crippen LogP) is 6.83. The van der Waals surface area contributed by atoms with Crippen molar-refractivity contribution in [2.75, 3.05) is 6.61 Å². The number of ketones is 2. The highest BCUT2D eigenvalue weighted by molar-refractivity contribution is 6.05. The minimum Gasteiger partial charge on any atom is -0.490 e. The van der Waals surface area contributed by atoms with Crippen LogP contribution in [0, 0.1) is 6.92 Å². The number of benzene rings is 2. The Morgan fingerprint density at radius 3 is 2.19 bits per heavy atom. The quantitative estimate of drug-likeness (QED) is 0.373. The number of carbonyl (C=O) groups excluding carboxylic acids is 2. The molecule has 0 fully saturated rings. The molecule has 0 amide bonds. The van der Waals surface area contributed by atoms with Gasteiger partial charge in [-0.15, -0.1) is 6.58 Å². The summed E-state index contributed by atoms with van der Waals surface area (Å²) < 4.78 is 18.6. The number of aryl methyl sites for hydroxylation is 1. The number of rotatable bonds is 8. The first kappa shape index (κ1) is 25.1. The van der Waals surface area contributed by atoms with Crippen LogP contribution in [0.15, 0.2) is 71.7 Å². The highest BCUT2D eigenvalue weighted by Gasteiger charge is 2.42. The van der Waals surface area contributed by atoms with Gasteiger partial charge in [-0.3, -0.25) is 9.59 Å². The van der Waals surface area contributed by atoms with Crippen LogP contribution in [-0.2, 0) is 27.4 Å². The molecule has 192 valence electrons. The summed E-state index contributed by atoms with van der Waals surface area (Å²) in [6.45, 7) is 8.82. The number of Topliss-reactive ketones (excluding diaryl/α,β-unsaturated/α-hetero) is 2. The van der Waals surface area contributed by atoms with Crippen LogP contribution in [0.25, 0.3) is 0 Å². The fraction of sp³-hybridized carbons (Fsp3) is 0.375. The van der Waals surface area contributed by atoms with E-state index >= 15 is 0 Å². The fourth-order valence-corrected chi connectivity index (χ4v) is 5.57. The van der Waals surface area contributed by atoms with Gasteiger partial charge in [0.25, 0.3) is 0 Å². The van der Waals surface area contributed by atoms with E-state index in [1.54, 1.807) is 0 Å². The Labute approximate surface area is 218 Å². The molecule has 2 aliphatic carbocycles. The lowest BCUT2D eigenvalue weighted by Crippen LogP contribution is -2.30. The Kier molecular flexibility index (Phi) is 7.31. The number of allylic oxidation sites excluding steroid dienone is 5. The second-order valence-corrected chi connectivity index (χ2v) is 9.97. The van der Waals surface area contributed by atoms with Crippen molar-refractivity contribution >= 4 is 11.6 Å². The fourth-order valence-electron chi connectivity index (χ4n) is 5.57. The van der Waals surface area contributed by atoms with Crippen LogP contribution in [0.5, 0.6) is 11.5 Å². The average molecular weight is 499 g/mol. The zero-order valence-corrected chi connectivity index (χ0v) is 21.7. The molecule has 0 unspecified atom stereocenters. The van der Waals surface area contributed by atoms with E-state index in [2.05, 4.69) is 43.8 Å². The molecular formula is C32H34O5. The van der Waals surface area contributed by atoms with Crippen LogP contribution in [0.4, 0.5) is 0 Å². The zero-order valence-electron chi connectivity index (χ0n) is 21.7. The molecule has 2 aromatic rings. The van der Waals surface area contributed by atoms with Crippen LogP contribution >= 0.6 is 0 Å². The third kappa shape index (κ3) is 5.00. The van der Waals surface area contributed by atoms with E-state index in [0.29, 0.717) is 55.1 Å². The maximum Gasteiger partial charge on any atom is 0.165 e. The molecule has 1 heterocycles. The Bertz CT molecular complexity index is 1250. The van der Waals surface area contributed by atoms with Gasteiger partial charge in [0.1, 0.15) is 18.1 Å². The van der Waals surface area contributed by atoms with Crippen LogP contribution in [-0.4, -0.2) is 18.2 Å². The van der Waals surface area contributed by atoms with Gasteiger partial charge in [-0.25, -0.2) is 0 Å². The van der Waals surface area contributed by atoms with Crippen LogP contribution in [0.1, 0.15) is 73.6 Å². The largest absolute Gasteiger partial charge is 0.490 e. The molecule has 37 heavy (non-hydrogen) atoms. The minimum atomic E-state index is -0.437. The Balaban J connectivity index is 1.61. The van der Waals surface area contributed by atoms with Crippen molar-refractivity contribution in [1.82, 2.24) is 0 Å². The molecule has 0 radical (unpaired) electrons. The molecular weight excluding hydrogens is 464 g/mol. The summed E-state index contributed by atoms with van der Waals surface area (Å²) >= 11 is 0.